The van der Waals surface area contributed by atoms with Crippen molar-refractivity contribution in [3.05, 3.63) is 22.5 Å². The number of halogens is 1. The molecular formula is C13H12ClN3O4. The standard InChI is InChI=1S/C13H12ClN3O4/c1-21-8-4-9(14)15-6-5-17(13(20)11(6)8)7-2-3-10(18)16-12(7)19/h4,7H,2-3,5H2,1H3,(H,16,18,19). The lowest BCUT2D eigenvalue weighted by atomic mass is 10.0. The van der Waals surface area contributed by atoms with E-state index in [1.165, 1.54) is 18.1 Å². The second-order valence-corrected chi connectivity index (χ2v) is 5.26. The minimum atomic E-state index is -0.673. The van der Waals surface area contributed by atoms with Crippen molar-refractivity contribution >= 4 is 29.3 Å². The Morgan fingerprint density at radius 3 is 2.86 bits per heavy atom. The van der Waals surface area contributed by atoms with Crippen molar-refractivity contribution in [2.24, 2.45) is 0 Å². The van der Waals surface area contributed by atoms with E-state index in [0.717, 1.165) is 0 Å². The lowest BCUT2D eigenvalue weighted by Gasteiger charge is -2.29. The van der Waals surface area contributed by atoms with E-state index in [1.807, 2.05) is 0 Å². The van der Waals surface area contributed by atoms with E-state index in [4.69, 9.17) is 16.3 Å². The first kappa shape index (κ1) is 13.8. The fraction of sp³-hybridized carbons (Fsp3) is 0.385. The molecule has 0 radical (unpaired) electrons. The number of amides is 3. The maximum atomic E-state index is 12.5. The molecule has 1 atom stereocenters. The van der Waals surface area contributed by atoms with Gasteiger partial charge in [-0.25, -0.2) is 4.98 Å². The zero-order chi connectivity index (χ0) is 15.1. The molecule has 21 heavy (non-hydrogen) atoms. The quantitative estimate of drug-likeness (QED) is 0.635. The fourth-order valence-corrected chi connectivity index (χ4v) is 2.85. The van der Waals surface area contributed by atoms with Crippen LogP contribution in [0.4, 0.5) is 0 Å². The number of nitrogens with zero attached hydrogens (tertiary/aromatic N) is 2. The van der Waals surface area contributed by atoms with Gasteiger partial charge in [-0.1, -0.05) is 11.6 Å². The van der Waals surface area contributed by atoms with Crippen molar-refractivity contribution in [2.45, 2.75) is 25.4 Å². The topological polar surface area (TPSA) is 88.6 Å². The molecule has 3 heterocycles. The van der Waals surface area contributed by atoms with Crippen molar-refractivity contribution in [3.8, 4) is 5.75 Å². The predicted molar refractivity (Wildman–Crippen MR) is 71.8 cm³/mol. The molecule has 1 unspecified atom stereocenters. The SMILES string of the molecule is COc1cc(Cl)nc2c1C(=O)N(C1CCC(=O)NC1=O)C2. The number of carbonyl (C=O) groups excluding carboxylic acids is 3. The van der Waals surface area contributed by atoms with Gasteiger partial charge in [-0.05, 0) is 6.42 Å². The highest BCUT2D eigenvalue weighted by Gasteiger charge is 2.41. The van der Waals surface area contributed by atoms with Gasteiger partial charge in [-0.3, -0.25) is 19.7 Å². The average molecular weight is 310 g/mol. The number of carbonyl (C=O) groups is 3. The molecule has 0 spiro atoms. The molecule has 1 aromatic heterocycles. The Bertz CT molecular complexity index is 661. The molecule has 8 heteroatoms. The summed E-state index contributed by atoms with van der Waals surface area (Å²) in [7, 11) is 1.44. The zero-order valence-corrected chi connectivity index (χ0v) is 11.9. The lowest BCUT2D eigenvalue weighted by Crippen LogP contribution is -2.52. The number of pyridine rings is 1. The third-order valence-corrected chi connectivity index (χ3v) is 3.82. The van der Waals surface area contributed by atoms with Gasteiger partial charge in [0.1, 0.15) is 22.5 Å². The van der Waals surface area contributed by atoms with Gasteiger partial charge >= 0.3 is 0 Å². The molecule has 0 saturated carbocycles. The first-order chi connectivity index (χ1) is 10.0. The second-order valence-electron chi connectivity index (χ2n) is 4.87. The molecule has 1 N–H and O–H groups in total. The summed E-state index contributed by atoms with van der Waals surface area (Å²) in [5.74, 6) is -0.776. The van der Waals surface area contributed by atoms with Gasteiger partial charge in [0.25, 0.3) is 5.91 Å². The summed E-state index contributed by atoms with van der Waals surface area (Å²) < 4.78 is 5.16. The highest BCUT2D eigenvalue weighted by atomic mass is 35.5. The van der Waals surface area contributed by atoms with Crippen molar-refractivity contribution in [1.82, 2.24) is 15.2 Å². The van der Waals surface area contributed by atoms with Crippen molar-refractivity contribution in [2.75, 3.05) is 7.11 Å². The molecule has 1 aromatic rings. The summed E-state index contributed by atoms with van der Waals surface area (Å²) >= 11 is 5.89. The van der Waals surface area contributed by atoms with Crippen molar-refractivity contribution in [3.63, 3.8) is 0 Å². The minimum Gasteiger partial charge on any atom is -0.496 e. The van der Waals surface area contributed by atoms with Crippen LogP contribution in [0, 0.1) is 0 Å². The largest absolute Gasteiger partial charge is 0.496 e. The molecule has 7 nitrogen and oxygen atoms in total. The predicted octanol–water partition coefficient (Wildman–Crippen LogP) is 0.505. The number of piperidine rings is 1. The Balaban J connectivity index is 1.94. The lowest BCUT2D eigenvalue weighted by molar-refractivity contribution is -0.136. The molecule has 1 saturated heterocycles. The molecule has 0 aliphatic carbocycles. The van der Waals surface area contributed by atoms with Gasteiger partial charge in [0, 0.05) is 12.5 Å². The highest BCUT2D eigenvalue weighted by Crippen LogP contribution is 2.33. The third kappa shape index (κ3) is 2.23. The Labute approximate surface area is 125 Å². The van der Waals surface area contributed by atoms with Crippen LogP contribution in [0.25, 0.3) is 0 Å². The van der Waals surface area contributed by atoms with Crippen LogP contribution in [0.1, 0.15) is 28.9 Å². The van der Waals surface area contributed by atoms with Gasteiger partial charge < -0.3 is 9.64 Å². The molecule has 2 aliphatic rings. The Kier molecular flexibility index (Phi) is 3.29. The molecule has 3 amide bonds. The number of methoxy groups -OCH3 is 1. The molecule has 110 valence electrons. The van der Waals surface area contributed by atoms with E-state index in [2.05, 4.69) is 10.3 Å². The van der Waals surface area contributed by atoms with Gasteiger partial charge in [-0.15, -0.1) is 0 Å². The number of ether oxygens (including phenoxy) is 1. The first-order valence-electron chi connectivity index (χ1n) is 6.39. The Hall–Kier alpha value is -2.15. The highest BCUT2D eigenvalue weighted by molar-refractivity contribution is 6.29. The maximum Gasteiger partial charge on any atom is 0.260 e. The van der Waals surface area contributed by atoms with Crippen LogP contribution in [0.2, 0.25) is 5.15 Å². The van der Waals surface area contributed by atoms with E-state index in [9.17, 15) is 14.4 Å². The summed E-state index contributed by atoms with van der Waals surface area (Å²) in [6.45, 7) is 0.178. The Morgan fingerprint density at radius 2 is 2.19 bits per heavy atom. The number of hydrogen-bond donors (Lipinski definition) is 1. The minimum absolute atomic E-state index is 0.178. The van der Waals surface area contributed by atoms with E-state index in [0.29, 0.717) is 23.4 Å². The van der Waals surface area contributed by atoms with Crippen LogP contribution in [0.15, 0.2) is 6.07 Å². The van der Waals surface area contributed by atoms with Gasteiger partial charge in [0.2, 0.25) is 11.8 Å². The fourth-order valence-electron chi connectivity index (χ4n) is 2.65. The van der Waals surface area contributed by atoms with Gasteiger partial charge in [0.05, 0.1) is 19.3 Å². The van der Waals surface area contributed by atoms with E-state index < -0.39 is 11.9 Å². The summed E-state index contributed by atoms with van der Waals surface area (Å²) in [6.07, 6.45) is 0.516. The maximum absolute atomic E-state index is 12.5. The first-order valence-corrected chi connectivity index (χ1v) is 6.77. The van der Waals surface area contributed by atoms with E-state index in [1.54, 1.807) is 0 Å². The van der Waals surface area contributed by atoms with Crippen molar-refractivity contribution < 1.29 is 19.1 Å². The van der Waals surface area contributed by atoms with Crippen molar-refractivity contribution in [1.29, 1.82) is 0 Å². The monoisotopic (exact) mass is 309 g/mol. The van der Waals surface area contributed by atoms with Crippen LogP contribution >= 0.6 is 11.6 Å². The number of imide groups is 1. The molecule has 2 aliphatic heterocycles. The summed E-state index contributed by atoms with van der Waals surface area (Å²) in [4.78, 5) is 41.1. The number of nitrogens with one attached hydrogen (secondary N) is 1. The second kappa shape index (κ2) is 5.00. The normalized spacial score (nSPS) is 21.3. The van der Waals surface area contributed by atoms with Gasteiger partial charge in [-0.2, -0.15) is 0 Å². The molecule has 0 bridgehead atoms. The summed E-state index contributed by atoms with van der Waals surface area (Å²) in [5, 5.41) is 2.47. The number of hydrogen-bond acceptors (Lipinski definition) is 5. The van der Waals surface area contributed by atoms with Crippen LogP contribution < -0.4 is 10.1 Å². The zero-order valence-electron chi connectivity index (χ0n) is 11.2. The molecule has 3 rings (SSSR count). The van der Waals surface area contributed by atoms with Crippen LogP contribution in [0.3, 0.4) is 0 Å². The number of rotatable bonds is 2. The molecule has 0 aromatic carbocycles. The number of aromatic nitrogens is 1. The summed E-state index contributed by atoms with van der Waals surface area (Å²) in [5.41, 5.74) is 0.806. The Morgan fingerprint density at radius 1 is 1.43 bits per heavy atom. The van der Waals surface area contributed by atoms with Crippen LogP contribution in [0.5, 0.6) is 5.75 Å². The average Bonchev–Trinajstić information content (AvgIpc) is 2.75. The van der Waals surface area contributed by atoms with Crippen LogP contribution in [-0.2, 0) is 16.1 Å². The van der Waals surface area contributed by atoms with Gasteiger partial charge in [0.15, 0.2) is 0 Å². The summed E-state index contributed by atoms with van der Waals surface area (Å²) in [6, 6.07) is 0.791. The van der Waals surface area contributed by atoms with E-state index >= 15 is 0 Å². The van der Waals surface area contributed by atoms with Crippen LogP contribution in [-0.4, -0.2) is 40.8 Å². The smallest absolute Gasteiger partial charge is 0.260 e. The molecular weight excluding hydrogens is 298 g/mol. The van der Waals surface area contributed by atoms with E-state index in [-0.39, 0.29) is 29.9 Å². The third-order valence-electron chi connectivity index (χ3n) is 3.63. The molecule has 1 fully saturated rings. The number of fused-ring (bicyclic) bond motifs is 1.